The van der Waals surface area contributed by atoms with Gasteiger partial charge < -0.3 is 10.2 Å². The van der Waals surface area contributed by atoms with E-state index >= 15 is 0 Å². The van der Waals surface area contributed by atoms with Crippen LogP contribution in [0.3, 0.4) is 0 Å². The van der Waals surface area contributed by atoms with Crippen LogP contribution in [0.15, 0.2) is 0 Å². The molecule has 0 radical (unpaired) electrons. The molecule has 2 saturated heterocycles. The topological polar surface area (TPSA) is 15.3 Å². The molecule has 2 fully saturated rings. The molecule has 94 valence electrons. The van der Waals surface area contributed by atoms with Crippen molar-refractivity contribution in [1.82, 2.24) is 10.2 Å². The van der Waals surface area contributed by atoms with Crippen LogP contribution in [-0.4, -0.2) is 36.1 Å². The zero-order valence-corrected chi connectivity index (χ0v) is 11.2. The lowest BCUT2D eigenvalue weighted by Gasteiger charge is -2.38. The van der Waals surface area contributed by atoms with E-state index in [0.29, 0.717) is 6.04 Å². The van der Waals surface area contributed by atoms with E-state index in [2.05, 4.69) is 31.1 Å². The number of rotatable bonds is 5. The lowest BCUT2D eigenvalue weighted by molar-refractivity contribution is 0.143. The van der Waals surface area contributed by atoms with Gasteiger partial charge in [-0.2, -0.15) is 0 Å². The molecule has 2 heteroatoms. The summed E-state index contributed by atoms with van der Waals surface area (Å²) >= 11 is 0. The average Bonchev–Trinajstić information content (AvgIpc) is 2.52. The Morgan fingerprint density at radius 1 is 1.25 bits per heavy atom. The molecule has 1 N–H and O–H groups in total. The fraction of sp³-hybridized carbons (Fsp3) is 1.00. The Labute approximate surface area is 101 Å². The molecule has 0 spiro atoms. The highest BCUT2D eigenvalue weighted by Gasteiger charge is 2.38. The lowest BCUT2D eigenvalue weighted by Crippen LogP contribution is -2.49. The molecule has 0 saturated carbocycles. The van der Waals surface area contributed by atoms with E-state index in [9.17, 15) is 0 Å². The molecule has 2 aliphatic rings. The molecule has 0 aromatic rings. The summed E-state index contributed by atoms with van der Waals surface area (Å²) in [6.45, 7) is 4.64. The maximum atomic E-state index is 3.85. The van der Waals surface area contributed by atoms with Crippen molar-refractivity contribution in [3.05, 3.63) is 0 Å². The van der Waals surface area contributed by atoms with Gasteiger partial charge in [-0.3, -0.25) is 0 Å². The first-order chi connectivity index (χ1) is 7.70. The third kappa shape index (κ3) is 2.78. The smallest absolute Gasteiger partial charge is 0.0111 e. The van der Waals surface area contributed by atoms with E-state index in [4.69, 9.17) is 0 Å². The van der Waals surface area contributed by atoms with Gasteiger partial charge in [0.05, 0.1) is 0 Å². The van der Waals surface area contributed by atoms with Gasteiger partial charge in [-0.05, 0) is 46.1 Å². The SMILES string of the molecule is CCCCC(C)NC1CC2CCC(C1)N2C. The Bertz CT molecular complexity index is 203. The first-order valence-corrected chi connectivity index (χ1v) is 7.18. The number of unbranched alkanes of at least 4 members (excludes halogenated alkanes) is 1. The maximum absolute atomic E-state index is 3.85. The van der Waals surface area contributed by atoms with E-state index in [1.807, 2.05) is 0 Å². The molecule has 0 aromatic heterocycles. The van der Waals surface area contributed by atoms with E-state index in [1.54, 1.807) is 0 Å². The Morgan fingerprint density at radius 3 is 2.44 bits per heavy atom. The molecule has 2 aliphatic heterocycles. The van der Waals surface area contributed by atoms with Crippen molar-refractivity contribution in [1.29, 1.82) is 0 Å². The summed E-state index contributed by atoms with van der Waals surface area (Å²) in [7, 11) is 2.32. The first kappa shape index (κ1) is 12.4. The molecule has 0 aromatic carbocycles. The maximum Gasteiger partial charge on any atom is 0.0111 e. The summed E-state index contributed by atoms with van der Waals surface area (Å²) in [6, 6.07) is 3.25. The summed E-state index contributed by atoms with van der Waals surface area (Å²) in [5.41, 5.74) is 0. The van der Waals surface area contributed by atoms with Gasteiger partial charge in [0.25, 0.3) is 0 Å². The van der Waals surface area contributed by atoms with Crippen LogP contribution in [0.1, 0.15) is 58.8 Å². The molecule has 0 amide bonds. The minimum Gasteiger partial charge on any atom is -0.311 e. The van der Waals surface area contributed by atoms with Crippen LogP contribution in [0.25, 0.3) is 0 Å². The van der Waals surface area contributed by atoms with E-state index in [-0.39, 0.29) is 0 Å². The van der Waals surface area contributed by atoms with Crippen molar-refractivity contribution in [3.8, 4) is 0 Å². The van der Waals surface area contributed by atoms with Crippen LogP contribution in [0.2, 0.25) is 0 Å². The van der Waals surface area contributed by atoms with Gasteiger partial charge in [-0.25, -0.2) is 0 Å². The second-order valence-corrected chi connectivity index (χ2v) is 5.93. The van der Waals surface area contributed by atoms with Gasteiger partial charge in [0.15, 0.2) is 0 Å². The van der Waals surface area contributed by atoms with Crippen molar-refractivity contribution in [2.45, 2.75) is 83.0 Å². The van der Waals surface area contributed by atoms with Crippen molar-refractivity contribution >= 4 is 0 Å². The summed E-state index contributed by atoms with van der Waals surface area (Å²) in [6.07, 6.45) is 9.66. The summed E-state index contributed by atoms with van der Waals surface area (Å²) in [5.74, 6) is 0. The van der Waals surface area contributed by atoms with Gasteiger partial charge in [0, 0.05) is 24.2 Å². The average molecular weight is 224 g/mol. The second-order valence-electron chi connectivity index (χ2n) is 5.93. The molecule has 0 aliphatic carbocycles. The second kappa shape index (κ2) is 5.50. The van der Waals surface area contributed by atoms with Gasteiger partial charge in [0.2, 0.25) is 0 Å². The van der Waals surface area contributed by atoms with Crippen LogP contribution >= 0.6 is 0 Å². The minimum absolute atomic E-state index is 0.716. The van der Waals surface area contributed by atoms with Gasteiger partial charge in [0.1, 0.15) is 0 Å². The fourth-order valence-electron chi connectivity index (χ4n) is 3.54. The van der Waals surface area contributed by atoms with Crippen molar-refractivity contribution < 1.29 is 0 Å². The number of hydrogen-bond acceptors (Lipinski definition) is 2. The quantitative estimate of drug-likeness (QED) is 0.772. The summed E-state index contributed by atoms with van der Waals surface area (Å²) < 4.78 is 0. The molecule has 16 heavy (non-hydrogen) atoms. The summed E-state index contributed by atoms with van der Waals surface area (Å²) in [5, 5.41) is 3.85. The van der Waals surface area contributed by atoms with Crippen LogP contribution < -0.4 is 5.32 Å². The fourth-order valence-corrected chi connectivity index (χ4v) is 3.54. The van der Waals surface area contributed by atoms with Crippen molar-refractivity contribution in [2.24, 2.45) is 0 Å². The molecule has 2 nitrogen and oxygen atoms in total. The molecule has 3 unspecified atom stereocenters. The van der Waals surface area contributed by atoms with Gasteiger partial charge in [-0.15, -0.1) is 0 Å². The normalized spacial score (nSPS) is 36.6. The van der Waals surface area contributed by atoms with Crippen molar-refractivity contribution in [3.63, 3.8) is 0 Å². The van der Waals surface area contributed by atoms with Gasteiger partial charge in [-0.1, -0.05) is 19.8 Å². The monoisotopic (exact) mass is 224 g/mol. The minimum atomic E-state index is 0.716. The van der Waals surface area contributed by atoms with Crippen LogP contribution in [0.4, 0.5) is 0 Å². The lowest BCUT2D eigenvalue weighted by atomic mass is 9.96. The van der Waals surface area contributed by atoms with Crippen molar-refractivity contribution in [2.75, 3.05) is 7.05 Å². The highest BCUT2D eigenvalue weighted by Crippen LogP contribution is 2.34. The number of nitrogens with one attached hydrogen (secondary N) is 1. The highest BCUT2D eigenvalue weighted by atomic mass is 15.2. The van der Waals surface area contributed by atoms with Crippen LogP contribution in [0.5, 0.6) is 0 Å². The van der Waals surface area contributed by atoms with E-state index in [1.165, 1.54) is 44.9 Å². The molecular formula is C14H28N2. The Morgan fingerprint density at radius 2 is 1.88 bits per heavy atom. The van der Waals surface area contributed by atoms with Crippen LogP contribution in [0, 0.1) is 0 Å². The largest absolute Gasteiger partial charge is 0.311 e. The van der Waals surface area contributed by atoms with E-state index < -0.39 is 0 Å². The number of hydrogen-bond donors (Lipinski definition) is 1. The molecular weight excluding hydrogens is 196 g/mol. The Balaban J connectivity index is 1.75. The number of piperidine rings is 1. The summed E-state index contributed by atoms with van der Waals surface area (Å²) in [4.78, 5) is 2.62. The molecule has 2 bridgehead atoms. The predicted octanol–water partition coefficient (Wildman–Crippen LogP) is 2.78. The number of nitrogens with zero attached hydrogens (tertiary/aromatic N) is 1. The van der Waals surface area contributed by atoms with Crippen LogP contribution in [-0.2, 0) is 0 Å². The Hall–Kier alpha value is -0.0800. The molecule has 2 rings (SSSR count). The highest BCUT2D eigenvalue weighted by molar-refractivity contribution is 4.96. The standard InChI is InChI=1S/C14H28N2/c1-4-5-6-11(2)15-12-9-13-7-8-14(10-12)16(13)3/h11-15H,4-10H2,1-3H3. The number of fused-ring (bicyclic) bond motifs is 2. The zero-order valence-electron chi connectivity index (χ0n) is 11.2. The zero-order chi connectivity index (χ0) is 11.5. The Kier molecular flexibility index (Phi) is 4.26. The molecule has 3 atom stereocenters. The van der Waals surface area contributed by atoms with Gasteiger partial charge >= 0.3 is 0 Å². The van der Waals surface area contributed by atoms with E-state index in [0.717, 1.165) is 18.1 Å². The third-order valence-corrected chi connectivity index (χ3v) is 4.61. The predicted molar refractivity (Wildman–Crippen MR) is 69.7 cm³/mol. The molecule has 2 heterocycles. The first-order valence-electron chi connectivity index (χ1n) is 7.18. The third-order valence-electron chi connectivity index (χ3n) is 4.61.